The van der Waals surface area contributed by atoms with Crippen LogP contribution in [0.1, 0.15) is 33.2 Å². The number of ether oxygens (including phenoxy) is 1. The van der Waals surface area contributed by atoms with Crippen LogP contribution < -0.4 is 5.32 Å². The lowest BCUT2D eigenvalue weighted by Crippen LogP contribution is -2.19. The number of benzene rings is 2. The maximum absolute atomic E-state index is 12.4. The molecule has 0 heterocycles. The van der Waals surface area contributed by atoms with Crippen molar-refractivity contribution in [1.82, 2.24) is 5.32 Å². The number of nitrogens with one attached hydrogen (secondary N) is 1. The lowest BCUT2D eigenvalue weighted by atomic mass is 10.0. The Bertz CT molecular complexity index is 777. The van der Waals surface area contributed by atoms with E-state index < -0.39 is 5.97 Å². The number of hydrogen-bond acceptors (Lipinski definition) is 4. The number of esters is 1. The molecule has 0 saturated carbocycles. The molecular weight excluding hydrogens is 306 g/mol. The molecule has 0 unspecified atom stereocenters. The number of rotatable bonds is 5. The fourth-order valence-electron chi connectivity index (χ4n) is 2.10. The minimum absolute atomic E-state index is 0.265. The average molecular weight is 323 g/mol. The maximum Gasteiger partial charge on any atom is 0.337 e. The predicted molar refractivity (Wildman–Crippen MR) is 90.3 cm³/mol. The average Bonchev–Trinajstić information content (AvgIpc) is 2.61. The normalized spacial score (nSPS) is 10.8. The smallest absolute Gasteiger partial charge is 0.337 e. The van der Waals surface area contributed by atoms with E-state index in [1.54, 1.807) is 24.3 Å². The lowest BCUT2D eigenvalue weighted by molar-refractivity contribution is -0.117. The van der Waals surface area contributed by atoms with Gasteiger partial charge < -0.3 is 10.1 Å². The van der Waals surface area contributed by atoms with E-state index in [0.29, 0.717) is 16.8 Å². The van der Waals surface area contributed by atoms with Crippen LogP contribution in [0.4, 0.5) is 0 Å². The fourth-order valence-corrected chi connectivity index (χ4v) is 2.10. The third kappa shape index (κ3) is 4.39. The number of amides is 1. The first-order valence-electron chi connectivity index (χ1n) is 7.28. The molecule has 0 spiro atoms. The van der Waals surface area contributed by atoms with Gasteiger partial charge in [-0.2, -0.15) is 0 Å². The van der Waals surface area contributed by atoms with E-state index in [1.165, 1.54) is 32.2 Å². The molecule has 0 aliphatic heterocycles. The second-order valence-electron chi connectivity index (χ2n) is 5.04. The van der Waals surface area contributed by atoms with E-state index >= 15 is 0 Å². The zero-order valence-corrected chi connectivity index (χ0v) is 13.4. The summed E-state index contributed by atoms with van der Waals surface area (Å²) in [4.78, 5) is 35.2. The molecule has 2 aromatic rings. The first-order chi connectivity index (χ1) is 11.5. The first-order valence-corrected chi connectivity index (χ1v) is 7.28. The van der Waals surface area contributed by atoms with Crippen molar-refractivity contribution in [2.45, 2.75) is 6.92 Å². The molecule has 0 aromatic heterocycles. The van der Waals surface area contributed by atoms with Crippen LogP contribution in [0.15, 0.2) is 60.7 Å². The molecule has 0 aliphatic carbocycles. The Morgan fingerprint density at radius 1 is 0.875 bits per heavy atom. The van der Waals surface area contributed by atoms with Crippen molar-refractivity contribution >= 4 is 23.4 Å². The molecule has 5 heteroatoms. The largest absolute Gasteiger partial charge is 0.465 e. The number of methoxy groups -OCH3 is 1. The predicted octanol–water partition coefficient (Wildman–Crippen LogP) is 2.83. The molecule has 0 radical (unpaired) electrons. The van der Waals surface area contributed by atoms with E-state index in [2.05, 4.69) is 10.1 Å². The van der Waals surface area contributed by atoms with Crippen molar-refractivity contribution in [3.8, 4) is 0 Å². The maximum atomic E-state index is 12.4. The quantitative estimate of drug-likeness (QED) is 0.522. The van der Waals surface area contributed by atoms with Crippen LogP contribution in [0.3, 0.4) is 0 Å². The minimum atomic E-state index is -0.465. The zero-order valence-electron chi connectivity index (χ0n) is 13.4. The van der Waals surface area contributed by atoms with Crippen molar-refractivity contribution in [2.24, 2.45) is 0 Å². The van der Waals surface area contributed by atoms with Gasteiger partial charge >= 0.3 is 5.97 Å². The molecule has 24 heavy (non-hydrogen) atoms. The lowest BCUT2D eigenvalue weighted by Gasteiger charge is -2.08. The molecule has 2 aromatic carbocycles. The monoisotopic (exact) mass is 323 g/mol. The topological polar surface area (TPSA) is 72.5 Å². The number of allylic oxidation sites excluding steroid dienone is 1. The molecule has 2 rings (SSSR count). The Morgan fingerprint density at radius 3 is 2.00 bits per heavy atom. The van der Waals surface area contributed by atoms with Gasteiger partial charge in [0.25, 0.3) is 0 Å². The summed E-state index contributed by atoms with van der Waals surface area (Å²) in [5, 5.41) is 2.66. The zero-order chi connectivity index (χ0) is 17.5. The summed E-state index contributed by atoms with van der Waals surface area (Å²) in [5.74, 6) is -1.01. The standard InChI is InChI=1S/C19H17NO4/c1-13(21)20-17(14-6-4-3-5-7-14)12-18(22)15-8-10-16(11-9-15)19(23)24-2/h3-12H,1-2H3,(H,20,21)/b17-12-. The van der Waals surface area contributed by atoms with E-state index in [-0.39, 0.29) is 11.7 Å². The number of carbonyl (C=O) groups excluding carboxylic acids is 3. The van der Waals surface area contributed by atoms with Gasteiger partial charge in [-0.05, 0) is 17.7 Å². The third-order valence-electron chi connectivity index (χ3n) is 3.26. The van der Waals surface area contributed by atoms with Crippen LogP contribution in [0.25, 0.3) is 5.70 Å². The molecular formula is C19H17NO4. The van der Waals surface area contributed by atoms with E-state index in [0.717, 1.165) is 5.56 Å². The van der Waals surface area contributed by atoms with Gasteiger partial charge in [0.1, 0.15) is 0 Å². The van der Waals surface area contributed by atoms with E-state index in [4.69, 9.17) is 0 Å². The van der Waals surface area contributed by atoms with Gasteiger partial charge in [0, 0.05) is 18.6 Å². The first kappa shape index (κ1) is 17.1. The second kappa shape index (κ2) is 7.87. The number of ketones is 1. The summed E-state index contributed by atoms with van der Waals surface area (Å²) in [6.45, 7) is 1.38. The van der Waals surface area contributed by atoms with Crippen LogP contribution in [-0.4, -0.2) is 24.8 Å². The van der Waals surface area contributed by atoms with Gasteiger partial charge in [-0.25, -0.2) is 4.79 Å². The van der Waals surface area contributed by atoms with E-state index in [9.17, 15) is 14.4 Å². The minimum Gasteiger partial charge on any atom is -0.465 e. The molecule has 0 fully saturated rings. The highest BCUT2D eigenvalue weighted by Crippen LogP contribution is 2.14. The van der Waals surface area contributed by atoms with Gasteiger partial charge in [0.15, 0.2) is 5.78 Å². The number of carbonyl (C=O) groups is 3. The van der Waals surface area contributed by atoms with Crippen LogP contribution >= 0.6 is 0 Å². The summed E-state index contributed by atoms with van der Waals surface area (Å²) >= 11 is 0. The third-order valence-corrected chi connectivity index (χ3v) is 3.26. The van der Waals surface area contributed by atoms with Crippen LogP contribution in [-0.2, 0) is 9.53 Å². The van der Waals surface area contributed by atoms with Crippen LogP contribution in [0.2, 0.25) is 0 Å². The second-order valence-corrected chi connectivity index (χ2v) is 5.04. The summed E-state index contributed by atoms with van der Waals surface area (Å²) in [6.07, 6.45) is 1.36. The van der Waals surface area contributed by atoms with Crippen LogP contribution in [0.5, 0.6) is 0 Å². The summed E-state index contributed by atoms with van der Waals surface area (Å²) in [6, 6.07) is 15.2. The summed E-state index contributed by atoms with van der Waals surface area (Å²) in [7, 11) is 1.30. The molecule has 0 aliphatic rings. The van der Waals surface area contributed by atoms with Gasteiger partial charge in [0.2, 0.25) is 5.91 Å². The highest BCUT2D eigenvalue weighted by atomic mass is 16.5. The summed E-state index contributed by atoms with van der Waals surface area (Å²) in [5.41, 5.74) is 1.92. The summed E-state index contributed by atoms with van der Waals surface area (Å²) < 4.78 is 4.62. The number of hydrogen-bond donors (Lipinski definition) is 1. The van der Waals surface area contributed by atoms with Gasteiger partial charge in [0.05, 0.1) is 18.4 Å². The Balaban J connectivity index is 2.30. The SMILES string of the molecule is COC(=O)c1ccc(C(=O)/C=C(\NC(C)=O)c2ccccc2)cc1. The molecule has 0 bridgehead atoms. The van der Waals surface area contributed by atoms with Crippen molar-refractivity contribution in [3.63, 3.8) is 0 Å². The van der Waals surface area contributed by atoms with Crippen LogP contribution in [0, 0.1) is 0 Å². The molecule has 0 saturated heterocycles. The van der Waals surface area contributed by atoms with E-state index in [1.807, 2.05) is 18.2 Å². The van der Waals surface area contributed by atoms with Gasteiger partial charge in [-0.3, -0.25) is 9.59 Å². The molecule has 5 nitrogen and oxygen atoms in total. The highest BCUT2D eigenvalue weighted by Gasteiger charge is 2.10. The Kier molecular flexibility index (Phi) is 5.63. The molecule has 0 atom stereocenters. The highest BCUT2D eigenvalue weighted by molar-refractivity contribution is 6.09. The molecule has 1 amide bonds. The molecule has 122 valence electrons. The van der Waals surface area contributed by atoms with Gasteiger partial charge in [-0.15, -0.1) is 0 Å². The fraction of sp³-hybridized carbons (Fsp3) is 0.105. The Labute approximate surface area is 140 Å². The Morgan fingerprint density at radius 2 is 1.46 bits per heavy atom. The van der Waals surface area contributed by atoms with Crippen molar-refractivity contribution < 1.29 is 19.1 Å². The van der Waals surface area contributed by atoms with Gasteiger partial charge in [-0.1, -0.05) is 42.5 Å². The van der Waals surface area contributed by atoms with Crippen molar-refractivity contribution in [1.29, 1.82) is 0 Å². The van der Waals surface area contributed by atoms with Crippen molar-refractivity contribution in [2.75, 3.05) is 7.11 Å². The molecule has 1 N–H and O–H groups in total. The Hall–Kier alpha value is -3.21. The van der Waals surface area contributed by atoms with Crippen molar-refractivity contribution in [3.05, 3.63) is 77.4 Å².